The van der Waals surface area contributed by atoms with Crippen LogP contribution in [0, 0.1) is 0 Å². The summed E-state index contributed by atoms with van der Waals surface area (Å²) < 4.78 is 13.9. The fourth-order valence-corrected chi connectivity index (χ4v) is 25.7. The molecule has 6 nitrogen and oxygen atoms in total. The largest absolute Gasteiger partial charge is 0.455 e. The van der Waals surface area contributed by atoms with Crippen LogP contribution < -0.4 is 19.6 Å². The summed E-state index contributed by atoms with van der Waals surface area (Å²) in [6.45, 7) is 7.19. The Morgan fingerprint density at radius 2 is 0.561 bits per heavy atom. The highest BCUT2D eigenvalue weighted by atomic mass is 16.3. The molecule has 1 unspecified atom stereocenters. The van der Waals surface area contributed by atoms with Gasteiger partial charge in [0.25, 0.3) is 0 Å². The molecule has 1 atom stereocenters. The van der Waals surface area contributed by atoms with Crippen molar-refractivity contribution in [1.82, 2.24) is 0 Å². The standard InChI is InChI=1S/C133H88N4O2/c1-130(2)106-45-15-10-36-96(106)98-78-75-92(81-116(98)130)134(122-59-30-53-114-126(122)104-39-12-17-47-108(104)132(114)110-49-19-23-55-118(110)136(88-34-8-5-9-35-88)119-56-24-20-50-111(119)132)89-71-66-85(67-72-89)95-42-29-44-103-101-77-68-86(80-125(101)139-129(95)103)83-62-69-91(70-63-83)137-120-57-25-21-51-112(120)133(113-52-22-26-58-121(113)137)109-48-18-13-40-105(109)127-115(133)54-31-60-123(127)135(90-73-64-84(65-74-90)94-41-28-43-102-100-38-14-27-61-124(100)138-128(94)102)93-76-79-99-97-37-11-16-46-107(97)131(3,117(99)82-93)87-32-6-4-7-33-87/h4-82H,1-3H3. The van der Waals surface area contributed by atoms with Gasteiger partial charge in [0.2, 0.25) is 0 Å². The highest BCUT2D eigenvalue weighted by Crippen LogP contribution is 2.69. The first-order valence-corrected chi connectivity index (χ1v) is 48.4. The third-order valence-electron chi connectivity index (χ3n) is 31.8. The molecule has 0 saturated heterocycles. The number of nitrogens with zero attached hydrogens (tertiary/aromatic N) is 4. The second-order valence-corrected chi connectivity index (χ2v) is 38.8. The third-order valence-corrected chi connectivity index (χ3v) is 31.8. The summed E-state index contributed by atoms with van der Waals surface area (Å²) >= 11 is 0. The topological polar surface area (TPSA) is 39.2 Å². The van der Waals surface area contributed by atoms with Gasteiger partial charge in [-0.3, -0.25) is 0 Å². The SMILES string of the molecule is CC1(C)c2ccccc2-c2ccc(N(c3ccc(-c4cccc5c4oc4cc(-c6ccc(N7c8ccccc8C8(c9ccccc9-c9c(N(c%10ccc(-c%11cccc%12c%11oc%11ccccc%11%12)cc%10)c%10ccc%11c(c%10)C(C)(c%10ccccc%10)c%10ccccc%10-%11)cccc98)c8ccccc87)cc6)ccc45)cc3)c3cccc4c3-c3ccccc3C43c4ccccc4N(c4ccccc4)c4ccccc43)cc21. The monoisotopic (exact) mass is 1770 g/mol. The number of fused-ring (bicyclic) bond motifs is 30. The van der Waals surface area contributed by atoms with Gasteiger partial charge in [0.1, 0.15) is 22.3 Å². The Kier molecular flexibility index (Phi) is 16.9. The van der Waals surface area contributed by atoms with E-state index in [1.807, 2.05) is 6.07 Å². The molecule has 2 aliphatic heterocycles. The Morgan fingerprint density at radius 1 is 0.209 bits per heavy atom. The van der Waals surface area contributed by atoms with Crippen LogP contribution in [0.1, 0.15) is 93.1 Å². The van der Waals surface area contributed by atoms with Crippen molar-refractivity contribution in [3.8, 4) is 77.9 Å². The first-order chi connectivity index (χ1) is 68.6. The van der Waals surface area contributed by atoms with E-state index in [1.165, 1.54) is 128 Å². The minimum Gasteiger partial charge on any atom is -0.455 e. The lowest BCUT2D eigenvalue weighted by molar-refractivity contribution is 0.660. The van der Waals surface area contributed by atoms with Crippen molar-refractivity contribution in [2.24, 2.45) is 0 Å². The van der Waals surface area contributed by atoms with Crippen LogP contribution >= 0.6 is 0 Å². The molecule has 29 rings (SSSR count). The van der Waals surface area contributed by atoms with E-state index in [0.717, 1.165) is 134 Å². The van der Waals surface area contributed by atoms with E-state index >= 15 is 0 Å². The number of benzene rings is 21. The van der Waals surface area contributed by atoms with Gasteiger partial charge >= 0.3 is 0 Å². The van der Waals surface area contributed by atoms with Gasteiger partial charge in [-0.15, -0.1) is 0 Å². The van der Waals surface area contributed by atoms with Crippen LogP contribution in [0.25, 0.3) is 122 Å². The van der Waals surface area contributed by atoms with E-state index < -0.39 is 16.2 Å². The van der Waals surface area contributed by atoms with E-state index in [2.05, 4.69) is 514 Å². The minimum absolute atomic E-state index is 0.233. The lowest BCUT2D eigenvalue weighted by Gasteiger charge is -2.45. The van der Waals surface area contributed by atoms with Crippen molar-refractivity contribution in [3.63, 3.8) is 0 Å². The number of hydrogen-bond acceptors (Lipinski definition) is 6. The predicted molar refractivity (Wildman–Crippen MR) is 573 cm³/mol. The van der Waals surface area contributed by atoms with E-state index in [4.69, 9.17) is 8.83 Å². The van der Waals surface area contributed by atoms with Crippen molar-refractivity contribution in [3.05, 3.63) is 552 Å². The summed E-state index contributed by atoms with van der Waals surface area (Å²) in [5.74, 6) is 0. The summed E-state index contributed by atoms with van der Waals surface area (Å²) in [4.78, 5) is 10.0. The van der Waals surface area contributed by atoms with Gasteiger partial charge in [0.15, 0.2) is 0 Å². The Balaban J connectivity index is 0.522. The third kappa shape index (κ3) is 11.0. The molecule has 139 heavy (non-hydrogen) atoms. The lowest BCUT2D eigenvalue weighted by Crippen LogP contribution is -2.36. The lowest BCUT2D eigenvalue weighted by atomic mass is 9.64. The molecule has 4 aliphatic carbocycles. The molecular formula is C133H88N4O2. The van der Waals surface area contributed by atoms with Gasteiger partial charge in [0, 0.05) is 88.8 Å². The van der Waals surface area contributed by atoms with E-state index in [0.29, 0.717) is 0 Å². The van der Waals surface area contributed by atoms with Crippen LogP contribution in [0.2, 0.25) is 0 Å². The maximum Gasteiger partial charge on any atom is 0.143 e. The molecule has 2 spiro atoms. The van der Waals surface area contributed by atoms with Gasteiger partial charge in [0.05, 0.1) is 45.0 Å². The van der Waals surface area contributed by atoms with E-state index in [-0.39, 0.29) is 5.41 Å². The summed E-state index contributed by atoms with van der Waals surface area (Å²) in [6, 6.07) is 179. The van der Waals surface area contributed by atoms with Crippen LogP contribution in [-0.2, 0) is 21.7 Å². The first-order valence-electron chi connectivity index (χ1n) is 48.4. The highest BCUT2D eigenvalue weighted by Gasteiger charge is 2.55. The fourth-order valence-electron chi connectivity index (χ4n) is 25.7. The first kappa shape index (κ1) is 78.9. The van der Waals surface area contributed by atoms with Crippen LogP contribution in [-0.4, -0.2) is 0 Å². The molecule has 0 amide bonds. The molecule has 652 valence electrons. The van der Waals surface area contributed by atoms with Gasteiger partial charge in [-0.1, -0.05) is 366 Å². The number of anilines is 12. The quantitative estimate of drug-likeness (QED) is 0.121. The Bertz CT molecular complexity index is 9000. The summed E-state index contributed by atoms with van der Waals surface area (Å²) in [5, 5.41) is 4.37. The number of para-hydroxylation sites is 8. The van der Waals surface area contributed by atoms with E-state index in [1.54, 1.807) is 0 Å². The number of hydrogen-bond donors (Lipinski definition) is 0. The molecule has 21 aromatic carbocycles. The maximum atomic E-state index is 7.25. The predicted octanol–water partition coefficient (Wildman–Crippen LogP) is 35.4. The van der Waals surface area contributed by atoms with Crippen LogP contribution in [0.15, 0.2) is 488 Å². The number of furan rings is 2. The molecule has 0 fully saturated rings. The second-order valence-electron chi connectivity index (χ2n) is 38.8. The summed E-state index contributed by atoms with van der Waals surface area (Å²) in [7, 11) is 0. The molecule has 23 aromatic rings. The van der Waals surface area contributed by atoms with Crippen LogP contribution in [0.3, 0.4) is 0 Å². The molecule has 0 saturated carbocycles. The average molecular weight is 1770 g/mol. The fraction of sp³-hybridized carbons (Fsp3) is 0.0526. The van der Waals surface area contributed by atoms with Crippen LogP contribution in [0.4, 0.5) is 68.2 Å². The Morgan fingerprint density at radius 3 is 1.09 bits per heavy atom. The van der Waals surface area contributed by atoms with Crippen molar-refractivity contribution in [2.75, 3.05) is 19.6 Å². The van der Waals surface area contributed by atoms with Crippen molar-refractivity contribution < 1.29 is 8.83 Å². The molecular weight excluding hydrogens is 1690 g/mol. The molecule has 4 heterocycles. The summed E-state index contributed by atoms with van der Waals surface area (Å²) in [5.41, 5.74) is 47.5. The summed E-state index contributed by atoms with van der Waals surface area (Å²) in [6.07, 6.45) is 0. The molecule has 2 aromatic heterocycles. The highest BCUT2D eigenvalue weighted by molar-refractivity contribution is 6.13. The average Bonchev–Trinajstić information content (AvgIpc) is 1.53. The van der Waals surface area contributed by atoms with Crippen molar-refractivity contribution >= 4 is 112 Å². The molecule has 6 heteroatoms. The maximum absolute atomic E-state index is 7.25. The second kappa shape index (κ2) is 29.7. The smallest absolute Gasteiger partial charge is 0.143 e. The molecule has 0 bridgehead atoms. The van der Waals surface area contributed by atoms with Crippen molar-refractivity contribution in [1.29, 1.82) is 0 Å². The van der Waals surface area contributed by atoms with Gasteiger partial charge in [-0.2, -0.15) is 0 Å². The zero-order valence-corrected chi connectivity index (χ0v) is 76.7. The Labute approximate surface area is 806 Å². The van der Waals surface area contributed by atoms with Gasteiger partial charge in [-0.05, 0) is 262 Å². The normalized spacial score (nSPS) is 15.0. The molecule has 0 N–H and O–H groups in total. The van der Waals surface area contributed by atoms with Gasteiger partial charge in [-0.25, -0.2) is 0 Å². The Hall–Kier alpha value is -17.6. The van der Waals surface area contributed by atoms with Crippen molar-refractivity contribution in [2.45, 2.75) is 42.4 Å². The molecule has 0 radical (unpaired) electrons. The molecule has 6 aliphatic rings. The zero-order chi connectivity index (χ0) is 91.7. The number of rotatable bonds is 12. The van der Waals surface area contributed by atoms with Gasteiger partial charge < -0.3 is 28.4 Å². The minimum atomic E-state index is -0.730. The van der Waals surface area contributed by atoms with Crippen LogP contribution in [0.5, 0.6) is 0 Å². The zero-order valence-electron chi connectivity index (χ0n) is 76.7. The van der Waals surface area contributed by atoms with E-state index in [9.17, 15) is 0 Å².